The summed E-state index contributed by atoms with van der Waals surface area (Å²) in [5, 5.41) is 2.98. The van der Waals surface area contributed by atoms with Gasteiger partial charge >= 0.3 is 0 Å². The second-order valence-electron chi connectivity index (χ2n) is 9.33. The minimum absolute atomic E-state index is 0.00208. The molecule has 1 aliphatic carbocycles. The van der Waals surface area contributed by atoms with Crippen LogP contribution in [0.1, 0.15) is 73.1 Å². The molecule has 7 heteroatoms. The molecule has 1 heterocycles. The van der Waals surface area contributed by atoms with Crippen molar-refractivity contribution in [2.75, 3.05) is 0 Å². The highest BCUT2D eigenvalue weighted by molar-refractivity contribution is 6.55. The zero-order chi connectivity index (χ0) is 24.6. The molecule has 5 nitrogen and oxygen atoms in total. The van der Waals surface area contributed by atoms with Crippen molar-refractivity contribution in [2.24, 2.45) is 5.92 Å². The number of carbonyl (C=O) groups excluding carboxylic acids is 2. The predicted molar refractivity (Wildman–Crippen MR) is 134 cm³/mol. The smallest absolute Gasteiger partial charge is 0.244 e. The maximum atomic E-state index is 12.6. The lowest BCUT2D eigenvalue weighted by molar-refractivity contribution is -0.170. The fourth-order valence-electron chi connectivity index (χ4n) is 4.12. The molecule has 1 N–H and O–H groups in total. The lowest BCUT2D eigenvalue weighted by Gasteiger charge is -2.26. The molecule has 1 amide bonds. The molecule has 33 heavy (non-hydrogen) atoms. The second-order valence-corrected chi connectivity index (χ2v) is 10.1. The van der Waals surface area contributed by atoms with Crippen molar-refractivity contribution in [3.8, 4) is 0 Å². The summed E-state index contributed by atoms with van der Waals surface area (Å²) in [5.41, 5.74) is 0.0595. The lowest BCUT2D eigenvalue weighted by atomic mass is 9.92. The predicted octanol–water partition coefficient (Wildman–Crippen LogP) is 6.32. The van der Waals surface area contributed by atoms with Gasteiger partial charge in [-0.3, -0.25) is 9.59 Å². The van der Waals surface area contributed by atoms with E-state index in [1.165, 1.54) is 43.9 Å². The Labute approximate surface area is 208 Å². The van der Waals surface area contributed by atoms with Crippen LogP contribution in [0.4, 0.5) is 0 Å². The number of carbonyl (C=O) groups is 2. The van der Waals surface area contributed by atoms with Gasteiger partial charge < -0.3 is 14.8 Å². The summed E-state index contributed by atoms with van der Waals surface area (Å²) in [6.45, 7) is 10.2. The average Bonchev–Trinajstić information content (AvgIpc) is 3.03. The molecule has 0 saturated carbocycles. The van der Waals surface area contributed by atoms with Crippen LogP contribution in [0.2, 0.25) is 0 Å². The standard InChI is InChI=1S/C26H37Cl2NO4/c1-6-7-8-9-10-18(4)13-19(5)11-12-23(30)29-22-16-26(33-25(22)32-17(2)3)14-20(27)24(31)21(28)15-26/h11-15,17-18,22,25H,6-10,16H2,1-5H3,(H,29,30)/b12-11+,19-13+/t18-,22+,25+/m1/s1. The summed E-state index contributed by atoms with van der Waals surface area (Å²) >= 11 is 12.1. The Hall–Kier alpha value is -1.40. The van der Waals surface area contributed by atoms with Gasteiger partial charge in [-0.15, -0.1) is 0 Å². The molecular formula is C26H37Cl2NO4. The second kappa shape index (κ2) is 12.9. The van der Waals surface area contributed by atoms with E-state index in [-0.39, 0.29) is 22.1 Å². The van der Waals surface area contributed by atoms with E-state index < -0.39 is 23.7 Å². The first-order chi connectivity index (χ1) is 15.5. The topological polar surface area (TPSA) is 64.6 Å². The van der Waals surface area contributed by atoms with Gasteiger partial charge in [0, 0.05) is 12.5 Å². The van der Waals surface area contributed by atoms with Crippen molar-refractivity contribution in [1.29, 1.82) is 0 Å². The molecular weight excluding hydrogens is 461 g/mol. The van der Waals surface area contributed by atoms with Gasteiger partial charge in [0.25, 0.3) is 0 Å². The number of ether oxygens (including phenoxy) is 2. The number of hydrogen-bond acceptors (Lipinski definition) is 4. The van der Waals surface area contributed by atoms with Crippen LogP contribution in [0.25, 0.3) is 0 Å². The molecule has 1 aliphatic heterocycles. The third-order valence-electron chi connectivity index (χ3n) is 5.67. The largest absolute Gasteiger partial charge is 0.348 e. The van der Waals surface area contributed by atoms with Crippen molar-refractivity contribution in [1.82, 2.24) is 5.32 Å². The van der Waals surface area contributed by atoms with Gasteiger partial charge in [0.1, 0.15) is 5.60 Å². The summed E-state index contributed by atoms with van der Waals surface area (Å²) in [4.78, 5) is 24.6. The van der Waals surface area contributed by atoms with Gasteiger partial charge in [0.05, 0.1) is 22.2 Å². The van der Waals surface area contributed by atoms with E-state index >= 15 is 0 Å². The lowest BCUT2D eigenvalue weighted by Crippen LogP contribution is -2.41. The molecule has 3 atom stereocenters. The molecule has 0 aromatic rings. The molecule has 0 radical (unpaired) electrons. The fourth-order valence-corrected chi connectivity index (χ4v) is 4.74. The molecule has 0 aromatic heterocycles. The van der Waals surface area contributed by atoms with Gasteiger partial charge in [-0.1, -0.05) is 80.5 Å². The van der Waals surface area contributed by atoms with Crippen molar-refractivity contribution in [3.05, 3.63) is 46.0 Å². The normalized spacial score (nSPS) is 23.9. The molecule has 2 aliphatic rings. The van der Waals surface area contributed by atoms with Crippen LogP contribution in [0.3, 0.4) is 0 Å². The zero-order valence-corrected chi connectivity index (χ0v) is 21.8. The molecule has 1 spiro atoms. The highest BCUT2D eigenvalue weighted by Gasteiger charge is 2.48. The number of allylic oxidation sites excluding steroid dienone is 5. The molecule has 0 bridgehead atoms. The van der Waals surface area contributed by atoms with Crippen molar-refractivity contribution in [2.45, 2.75) is 97.2 Å². The van der Waals surface area contributed by atoms with E-state index in [0.717, 1.165) is 12.0 Å². The number of Topliss-reactive ketones (excluding diaryl/α,β-unsaturated/α-hetero) is 1. The van der Waals surface area contributed by atoms with Crippen LogP contribution >= 0.6 is 23.2 Å². The minimum Gasteiger partial charge on any atom is -0.348 e. The van der Waals surface area contributed by atoms with Gasteiger partial charge in [-0.25, -0.2) is 0 Å². The molecule has 1 saturated heterocycles. The Morgan fingerprint density at radius 2 is 1.88 bits per heavy atom. The average molecular weight is 498 g/mol. The summed E-state index contributed by atoms with van der Waals surface area (Å²) < 4.78 is 12.0. The van der Waals surface area contributed by atoms with Gasteiger partial charge in [-0.05, 0) is 45.3 Å². The molecule has 184 valence electrons. The van der Waals surface area contributed by atoms with Crippen LogP contribution in [0, 0.1) is 5.92 Å². The van der Waals surface area contributed by atoms with Crippen LogP contribution in [0.15, 0.2) is 46.0 Å². The van der Waals surface area contributed by atoms with Crippen molar-refractivity contribution in [3.63, 3.8) is 0 Å². The van der Waals surface area contributed by atoms with Crippen molar-refractivity contribution < 1.29 is 19.1 Å². The van der Waals surface area contributed by atoms with Crippen LogP contribution < -0.4 is 5.32 Å². The molecule has 1 fully saturated rings. The van der Waals surface area contributed by atoms with E-state index in [2.05, 4.69) is 25.2 Å². The number of hydrogen-bond donors (Lipinski definition) is 1. The SMILES string of the molecule is CCCCCC[C@@H](C)/C=C(C)/C=C/C(=O)N[C@H]1CC2(C=C(Cl)C(=O)C(Cl)=C2)O[C@@H]1OC(C)C. The zero-order valence-electron chi connectivity index (χ0n) is 20.3. The third-order valence-corrected chi connectivity index (χ3v) is 6.23. The molecule has 0 aromatic carbocycles. The van der Waals surface area contributed by atoms with Crippen molar-refractivity contribution >= 4 is 34.9 Å². The summed E-state index contributed by atoms with van der Waals surface area (Å²) in [5.74, 6) is -0.201. The van der Waals surface area contributed by atoms with Gasteiger partial charge in [-0.2, -0.15) is 0 Å². The number of nitrogens with one attached hydrogen (secondary N) is 1. The quantitative estimate of drug-likeness (QED) is 0.206. The van der Waals surface area contributed by atoms with E-state index in [9.17, 15) is 9.59 Å². The van der Waals surface area contributed by atoms with E-state index in [4.69, 9.17) is 32.7 Å². The Morgan fingerprint density at radius 1 is 1.21 bits per heavy atom. The molecule has 2 rings (SSSR count). The summed E-state index contributed by atoms with van der Waals surface area (Å²) in [6.07, 6.45) is 14.3. The van der Waals surface area contributed by atoms with Crippen LogP contribution in [-0.4, -0.2) is 35.7 Å². The number of unbranched alkanes of at least 4 members (excludes halogenated alkanes) is 3. The number of halogens is 2. The number of rotatable bonds is 11. The third kappa shape index (κ3) is 8.71. The van der Waals surface area contributed by atoms with E-state index in [1.807, 2.05) is 26.8 Å². The summed E-state index contributed by atoms with van der Waals surface area (Å²) in [7, 11) is 0. The maximum Gasteiger partial charge on any atom is 0.244 e. The fraction of sp³-hybridized carbons (Fsp3) is 0.615. The monoisotopic (exact) mass is 497 g/mol. The van der Waals surface area contributed by atoms with Crippen LogP contribution in [-0.2, 0) is 19.1 Å². The Bertz CT molecular complexity index is 806. The number of ketones is 1. The first-order valence-electron chi connectivity index (χ1n) is 11.9. The molecule has 0 unspecified atom stereocenters. The number of amides is 1. The highest BCUT2D eigenvalue weighted by Crippen LogP contribution is 2.40. The highest BCUT2D eigenvalue weighted by atomic mass is 35.5. The van der Waals surface area contributed by atoms with Crippen LogP contribution in [0.5, 0.6) is 0 Å². The Kier molecular flexibility index (Phi) is 10.9. The van der Waals surface area contributed by atoms with Gasteiger partial charge in [0.15, 0.2) is 6.29 Å². The van der Waals surface area contributed by atoms with E-state index in [1.54, 1.807) is 0 Å². The maximum absolute atomic E-state index is 12.6. The minimum atomic E-state index is -0.994. The summed E-state index contributed by atoms with van der Waals surface area (Å²) in [6, 6.07) is -0.430. The first kappa shape index (κ1) is 27.8. The van der Waals surface area contributed by atoms with E-state index in [0.29, 0.717) is 12.3 Å². The first-order valence-corrected chi connectivity index (χ1v) is 12.6. The Morgan fingerprint density at radius 3 is 2.48 bits per heavy atom. The Balaban J connectivity index is 2.01. The van der Waals surface area contributed by atoms with Gasteiger partial charge in [0.2, 0.25) is 11.7 Å².